The third kappa shape index (κ3) is 4.07. The smallest absolute Gasteiger partial charge is 0.290 e. The maximum absolute atomic E-state index is 13.1. The number of hydrogen-bond acceptors (Lipinski definition) is 5. The first kappa shape index (κ1) is 19.0. The van der Waals surface area contributed by atoms with E-state index in [0.717, 1.165) is 11.1 Å². The van der Waals surface area contributed by atoms with Gasteiger partial charge in [0.2, 0.25) is 5.91 Å². The Kier molecular flexibility index (Phi) is 5.29. The van der Waals surface area contributed by atoms with Crippen LogP contribution in [0.25, 0.3) is 5.69 Å². The molecular weight excluding hydrogens is 380 g/mol. The Morgan fingerprint density at radius 3 is 1.90 bits per heavy atom. The first-order valence-corrected chi connectivity index (χ1v) is 9.23. The van der Waals surface area contributed by atoms with E-state index in [-0.39, 0.29) is 11.7 Å². The van der Waals surface area contributed by atoms with Crippen LogP contribution in [0.2, 0.25) is 0 Å². The summed E-state index contributed by atoms with van der Waals surface area (Å²) in [6.45, 7) is 0. The van der Waals surface area contributed by atoms with Crippen LogP contribution in [0.15, 0.2) is 84.9 Å². The lowest BCUT2D eigenvalue weighted by molar-refractivity contribution is -0.116. The Morgan fingerprint density at radius 2 is 1.40 bits per heavy atom. The van der Waals surface area contributed by atoms with Gasteiger partial charge in [0.05, 0.1) is 11.6 Å². The summed E-state index contributed by atoms with van der Waals surface area (Å²) in [7, 11) is 0. The van der Waals surface area contributed by atoms with Crippen molar-refractivity contribution < 1.29 is 9.59 Å². The summed E-state index contributed by atoms with van der Waals surface area (Å²) >= 11 is 0. The zero-order chi connectivity index (χ0) is 20.9. The lowest BCUT2D eigenvalue weighted by atomic mass is 9.90. The fraction of sp³-hybridized carbons (Fsp3) is 0.0455. The second kappa shape index (κ2) is 8.36. The summed E-state index contributed by atoms with van der Waals surface area (Å²) in [5.74, 6) is -1.50. The maximum Gasteiger partial charge on any atom is 0.290 e. The fourth-order valence-electron chi connectivity index (χ4n) is 3.10. The van der Waals surface area contributed by atoms with E-state index in [1.54, 1.807) is 24.3 Å². The first-order valence-electron chi connectivity index (χ1n) is 9.23. The molecule has 1 aromatic heterocycles. The third-order valence-corrected chi connectivity index (χ3v) is 4.53. The van der Waals surface area contributed by atoms with Crippen molar-refractivity contribution >= 4 is 17.5 Å². The van der Waals surface area contributed by atoms with E-state index < -0.39 is 11.8 Å². The maximum atomic E-state index is 13.1. The number of benzene rings is 3. The molecule has 30 heavy (non-hydrogen) atoms. The van der Waals surface area contributed by atoms with Crippen molar-refractivity contribution in [2.75, 3.05) is 5.32 Å². The predicted octanol–water partition coefficient (Wildman–Crippen LogP) is 2.53. The largest absolute Gasteiger partial charge is 0.363 e. The number of primary amides is 1. The van der Waals surface area contributed by atoms with Crippen molar-refractivity contribution in [3.8, 4) is 5.69 Å². The SMILES string of the molecule is NC(=O)c1nnn(-c2ccc(NC(=O)C(c3ccccc3)c3ccccc3)cc2)n1. The molecule has 0 atom stereocenters. The molecule has 4 aromatic rings. The molecular formula is C22H18N6O2. The number of aromatic nitrogens is 4. The minimum absolute atomic E-state index is 0.143. The molecule has 3 N–H and O–H groups in total. The summed E-state index contributed by atoms with van der Waals surface area (Å²) in [6, 6.07) is 26.1. The number of amides is 2. The normalized spacial score (nSPS) is 10.7. The van der Waals surface area contributed by atoms with Crippen LogP contribution in [0.1, 0.15) is 27.7 Å². The molecule has 8 nitrogen and oxygen atoms in total. The van der Waals surface area contributed by atoms with Gasteiger partial charge < -0.3 is 11.1 Å². The van der Waals surface area contributed by atoms with E-state index in [0.29, 0.717) is 11.4 Å². The highest BCUT2D eigenvalue weighted by atomic mass is 16.2. The number of nitrogens with one attached hydrogen (secondary N) is 1. The molecule has 0 fully saturated rings. The molecule has 8 heteroatoms. The van der Waals surface area contributed by atoms with Crippen molar-refractivity contribution in [2.45, 2.75) is 5.92 Å². The van der Waals surface area contributed by atoms with Gasteiger partial charge in [0.25, 0.3) is 11.7 Å². The van der Waals surface area contributed by atoms with Crippen molar-refractivity contribution in [2.24, 2.45) is 5.73 Å². The van der Waals surface area contributed by atoms with Crippen molar-refractivity contribution in [1.82, 2.24) is 20.2 Å². The number of anilines is 1. The average molecular weight is 398 g/mol. The van der Waals surface area contributed by atoms with E-state index in [1.807, 2.05) is 60.7 Å². The molecule has 0 saturated carbocycles. The summed E-state index contributed by atoms with van der Waals surface area (Å²) in [6.07, 6.45) is 0. The van der Waals surface area contributed by atoms with Crippen molar-refractivity contribution in [3.63, 3.8) is 0 Å². The van der Waals surface area contributed by atoms with Gasteiger partial charge >= 0.3 is 0 Å². The highest BCUT2D eigenvalue weighted by molar-refractivity contribution is 5.98. The van der Waals surface area contributed by atoms with Gasteiger partial charge in [0.15, 0.2) is 0 Å². The zero-order valence-electron chi connectivity index (χ0n) is 15.8. The highest BCUT2D eigenvalue weighted by Gasteiger charge is 2.22. The molecule has 0 aliphatic heterocycles. The van der Waals surface area contributed by atoms with Gasteiger partial charge in [-0.05, 0) is 40.6 Å². The van der Waals surface area contributed by atoms with Gasteiger partial charge in [-0.15, -0.1) is 15.0 Å². The standard InChI is InChI=1S/C22H18N6O2/c23-20(29)21-25-27-28(26-21)18-13-11-17(12-14-18)24-22(30)19(15-7-3-1-4-8-15)16-9-5-2-6-10-16/h1-14,19H,(H2,23,29)(H,24,30). The predicted molar refractivity (Wildman–Crippen MR) is 111 cm³/mol. The van der Waals surface area contributed by atoms with Gasteiger partial charge in [0.1, 0.15) is 0 Å². The lowest BCUT2D eigenvalue weighted by Crippen LogP contribution is -2.22. The molecule has 0 spiro atoms. The van der Waals surface area contributed by atoms with Crippen LogP contribution in [-0.4, -0.2) is 32.0 Å². The molecule has 1 heterocycles. The lowest BCUT2D eigenvalue weighted by Gasteiger charge is -2.18. The number of carbonyl (C=O) groups excluding carboxylic acids is 2. The highest BCUT2D eigenvalue weighted by Crippen LogP contribution is 2.26. The van der Waals surface area contributed by atoms with Gasteiger partial charge in [-0.25, -0.2) is 0 Å². The van der Waals surface area contributed by atoms with E-state index in [1.165, 1.54) is 4.80 Å². The summed E-state index contributed by atoms with van der Waals surface area (Å²) < 4.78 is 0. The Morgan fingerprint density at radius 1 is 0.833 bits per heavy atom. The molecule has 0 aliphatic rings. The second-order valence-electron chi connectivity index (χ2n) is 6.56. The van der Waals surface area contributed by atoms with E-state index in [4.69, 9.17) is 5.73 Å². The third-order valence-electron chi connectivity index (χ3n) is 4.53. The molecule has 4 rings (SSSR count). The number of rotatable bonds is 6. The van der Waals surface area contributed by atoms with Gasteiger partial charge in [-0.2, -0.15) is 0 Å². The van der Waals surface area contributed by atoms with Gasteiger partial charge in [-0.3, -0.25) is 9.59 Å². The van der Waals surface area contributed by atoms with Crippen LogP contribution in [-0.2, 0) is 4.79 Å². The Hall–Kier alpha value is -4.33. The van der Waals surface area contributed by atoms with E-state index in [9.17, 15) is 9.59 Å². The van der Waals surface area contributed by atoms with Crippen LogP contribution < -0.4 is 11.1 Å². The number of nitrogens with two attached hydrogens (primary N) is 1. The molecule has 0 bridgehead atoms. The quantitative estimate of drug-likeness (QED) is 0.518. The molecule has 0 unspecified atom stereocenters. The summed E-state index contributed by atoms with van der Waals surface area (Å²) in [5, 5.41) is 14.3. The van der Waals surface area contributed by atoms with Gasteiger partial charge in [0, 0.05) is 5.69 Å². The Bertz CT molecular complexity index is 1120. The summed E-state index contributed by atoms with van der Waals surface area (Å²) in [4.78, 5) is 25.5. The number of nitrogens with zero attached hydrogens (tertiary/aromatic N) is 4. The Labute approximate surface area is 172 Å². The number of carbonyl (C=O) groups is 2. The van der Waals surface area contributed by atoms with Crippen molar-refractivity contribution in [3.05, 3.63) is 102 Å². The average Bonchev–Trinajstić information content (AvgIpc) is 3.27. The monoisotopic (exact) mass is 398 g/mol. The Balaban J connectivity index is 1.56. The first-order chi connectivity index (χ1) is 14.6. The fourth-order valence-corrected chi connectivity index (χ4v) is 3.10. The van der Waals surface area contributed by atoms with E-state index >= 15 is 0 Å². The van der Waals surface area contributed by atoms with Crippen LogP contribution in [0.4, 0.5) is 5.69 Å². The van der Waals surface area contributed by atoms with Crippen LogP contribution in [0.3, 0.4) is 0 Å². The zero-order valence-corrected chi connectivity index (χ0v) is 15.8. The summed E-state index contributed by atoms with van der Waals surface area (Å²) in [5.41, 5.74) is 8.16. The number of tetrazole rings is 1. The molecule has 2 amide bonds. The van der Waals surface area contributed by atoms with Crippen LogP contribution in [0, 0.1) is 0 Å². The minimum atomic E-state index is -0.752. The molecule has 3 aromatic carbocycles. The topological polar surface area (TPSA) is 116 Å². The number of hydrogen-bond donors (Lipinski definition) is 2. The second-order valence-corrected chi connectivity index (χ2v) is 6.56. The van der Waals surface area contributed by atoms with Crippen molar-refractivity contribution in [1.29, 1.82) is 0 Å². The molecule has 0 saturated heterocycles. The molecule has 0 aliphatic carbocycles. The van der Waals surface area contributed by atoms with E-state index in [2.05, 4.69) is 20.7 Å². The molecule has 0 radical (unpaired) electrons. The van der Waals surface area contributed by atoms with Crippen LogP contribution >= 0.6 is 0 Å². The van der Waals surface area contributed by atoms with Gasteiger partial charge in [-0.1, -0.05) is 60.7 Å². The van der Waals surface area contributed by atoms with Crippen LogP contribution in [0.5, 0.6) is 0 Å². The molecule has 148 valence electrons. The minimum Gasteiger partial charge on any atom is -0.363 e.